The summed E-state index contributed by atoms with van der Waals surface area (Å²) in [5.74, 6) is 0.996. The van der Waals surface area contributed by atoms with Gasteiger partial charge in [0, 0.05) is 18.8 Å². The van der Waals surface area contributed by atoms with Gasteiger partial charge in [-0.05, 0) is 44.4 Å². The Kier molecular flexibility index (Phi) is 3.50. The Morgan fingerprint density at radius 2 is 2.33 bits per heavy atom. The van der Waals surface area contributed by atoms with Crippen LogP contribution in [0.3, 0.4) is 0 Å². The third-order valence-electron chi connectivity index (χ3n) is 2.97. The normalized spacial score (nSPS) is 16.1. The molecule has 1 heterocycles. The first kappa shape index (κ1) is 10.4. The van der Waals surface area contributed by atoms with Crippen LogP contribution in [0.1, 0.15) is 25.7 Å². The first-order valence-electron chi connectivity index (χ1n) is 5.66. The highest BCUT2D eigenvalue weighted by Gasteiger charge is 2.25. The van der Waals surface area contributed by atoms with E-state index in [1.54, 1.807) is 6.20 Å². The van der Waals surface area contributed by atoms with Crippen molar-refractivity contribution in [2.24, 2.45) is 5.73 Å². The fraction of sp³-hybridized carbons (Fsp3) is 0.636. The topological polar surface area (TPSA) is 55.0 Å². The average Bonchev–Trinajstić information content (AvgIpc) is 2.22. The van der Waals surface area contributed by atoms with Crippen molar-refractivity contribution in [2.45, 2.75) is 31.7 Å². The molecule has 1 aliphatic carbocycles. The van der Waals surface area contributed by atoms with Crippen molar-refractivity contribution in [1.82, 2.24) is 10.2 Å². The molecule has 1 aliphatic rings. The SMILES string of the molecule is NCCCN(c1cccnn1)C1CCC1. The van der Waals surface area contributed by atoms with Crippen LogP contribution in [0.5, 0.6) is 0 Å². The molecule has 0 saturated heterocycles. The van der Waals surface area contributed by atoms with Gasteiger partial charge in [-0.3, -0.25) is 0 Å². The van der Waals surface area contributed by atoms with Crippen LogP contribution in [0.2, 0.25) is 0 Å². The minimum Gasteiger partial charge on any atom is -0.352 e. The Balaban J connectivity index is 2.04. The standard InChI is InChI=1S/C11H18N4/c12-7-3-9-15(10-4-1-5-10)11-6-2-8-13-14-11/h2,6,8,10H,1,3-5,7,9,12H2. The summed E-state index contributed by atoms with van der Waals surface area (Å²) in [6.07, 6.45) is 6.63. The van der Waals surface area contributed by atoms with E-state index in [9.17, 15) is 0 Å². The molecule has 4 heteroatoms. The van der Waals surface area contributed by atoms with E-state index in [1.807, 2.05) is 12.1 Å². The fourth-order valence-corrected chi connectivity index (χ4v) is 1.89. The molecule has 1 fully saturated rings. The van der Waals surface area contributed by atoms with Gasteiger partial charge in [0.1, 0.15) is 0 Å². The maximum Gasteiger partial charge on any atom is 0.151 e. The first-order valence-corrected chi connectivity index (χ1v) is 5.66. The fourth-order valence-electron chi connectivity index (χ4n) is 1.89. The Hall–Kier alpha value is -1.16. The van der Waals surface area contributed by atoms with Crippen LogP contribution in [0.15, 0.2) is 18.3 Å². The Bertz CT molecular complexity index is 284. The van der Waals surface area contributed by atoms with Crippen molar-refractivity contribution in [1.29, 1.82) is 0 Å². The molecule has 82 valence electrons. The van der Waals surface area contributed by atoms with Crippen LogP contribution in [0.4, 0.5) is 5.82 Å². The zero-order valence-electron chi connectivity index (χ0n) is 8.97. The molecule has 0 unspecified atom stereocenters. The number of hydrogen-bond acceptors (Lipinski definition) is 4. The van der Waals surface area contributed by atoms with Crippen LogP contribution in [0, 0.1) is 0 Å². The first-order chi connectivity index (χ1) is 7.42. The molecule has 0 amide bonds. The van der Waals surface area contributed by atoms with Crippen molar-refractivity contribution in [3.63, 3.8) is 0 Å². The molecule has 0 aliphatic heterocycles. The number of rotatable bonds is 5. The Morgan fingerprint density at radius 3 is 2.87 bits per heavy atom. The van der Waals surface area contributed by atoms with Crippen molar-refractivity contribution in [3.05, 3.63) is 18.3 Å². The van der Waals surface area contributed by atoms with E-state index in [4.69, 9.17) is 5.73 Å². The maximum absolute atomic E-state index is 5.55. The molecule has 1 aromatic rings. The van der Waals surface area contributed by atoms with E-state index in [2.05, 4.69) is 15.1 Å². The Morgan fingerprint density at radius 1 is 1.47 bits per heavy atom. The lowest BCUT2D eigenvalue weighted by molar-refractivity contribution is 0.382. The minimum absolute atomic E-state index is 0.660. The molecule has 0 spiro atoms. The largest absolute Gasteiger partial charge is 0.352 e. The summed E-state index contributed by atoms with van der Waals surface area (Å²) < 4.78 is 0. The van der Waals surface area contributed by atoms with Crippen molar-refractivity contribution in [3.8, 4) is 0 Å². The lowest BCUT2D eigenvalue weighted by Gasteiger charge is -2.38. The molecular weight excluding hydrogens is 188 g/mol. The van der Waals surface area contributed by atoms with Crippen molar-refractivity contribution < 1.29 is 0 Å². The second kappa shape index (κ2) is 5.07. The van der Waals surface area contributed by atoms with E-state index in [0.717, 1.165) is 25.3 Å². The molecule has 15 heavy (non-hydrogen) atoms. The second-order valence-corrected chi connectivity index (χ2v) is 4.00. The van der Waals surface area contributed by atoms with E-state index in [0.29, 0.717) is 6.04 Å². The van der Waals surface area contributed by atoms with Gasteiger partial charge in [0.25, 0.3) is 0 Å². The lowest BCUT2D eigenvalue weighted by Crippen LogP contribution is -2.42. The van der Waals surface area contributed by atoms with Gasteiger partial charge in [0.05, 0.1) is 0 Å². The quantitative estimate of drug-likeness (QED) is 0.786. The number of anilines is 1. The summed E-state index contributed by atoms with van der Waals surface area (Å²) in [7, 11) is 0. The van der Waals surface area contributed by atoms with Gasteiger partial charge < -0.3 is 10.6 Å². The highest BCUT2D eigenvalue weighted by molar-refractivity contribution is 5.38. The smallest absolute Gasteiger partial charge is 0.151 e. The molecule has 4 nitrogen and oxygen atoms in total. The van der Waals surface area contributed by atoms with E-state index in [-0.39, 0.29) is 0 Å². The predicted octanol–water partition coefficient (Wildman–Crippen LogP) is 1.18. The molecule has 0 radical (unpaired) electrons. The van der Waals surface area contributed by atoms with E-state index < -0.39 is 0 Å². The summed E-state index contributed by atoms with van der Waals surface area (Å²) in [6, 6.07) is 4.63. The molecule has 2 rings (SSSR count). The monoisotopic (exact) mass is 206 g/mol. The van der Waals surface area contributed by atoms with Crippen LogP contribution >= 0.6 is 0 Å². The maximum atomic E-state index is 5.55. The van der Waals surface area contributed by atoms with Crippen molar-refractivity contribution in [2.75, 3.05) is 18.0 Å². The Labute approximate surface area is 90.5 Å². The van der Waals surface area contributed by atoms with E-state index >= 15 is 0 Å². The zero-order valence-corrected chi connectivity index (χ0v) is 8.97. The van der Waals surface area contributed by atoms with Gasteiger partial charge >= 0.3 is 0 Å². The number of hydrogen-bond donors (Lipinski definition) is 1. The third kappa shape index (κ3) is 2.45. The van der Waals surface area contributed by atoms with Gasteiger partial charge in [-0.1, -0.05) is 0 Å². The molecule has 0 atom stereocenters. The average molecular weight is 206 g/mol. The number of nitrogens with zero attached hydrogens (tertiary/aromatic N) is 3. The van der Waals surface area contributed by atoms with Crippen LogP contribution < -0.4 is 10.6 Å². The van der Waals surface area contributed by atoms with Gasteiger partial charge in [0.2, 0.25) is 0 Å². The van der Waals surface area contributed by atoms with Crippen molar-refractivity contribution >= 4 is 5.82 Å². The molecule has 1 saturated carbocycles. The lowest BCUT2D eigenvalue weighted by atomic mass is 9.91. The van der Waals surface area contributed by atoms with Crippen LogP contribution in [-0.2, 0) is 0 Å². The minimum atomic E-state index is 0.660. The molecule has 2 N–H and O–H groups in total. The summed E-state index contributed by atoms with van der Waals surface area (Å²) >= 11 is 0. The summed E-state index contributed by atoms with van der Waals surface area (Å²) in [4.78, 5) is 2.35. The molecule has 0 bridgehead atoms. The second-order valence-electron chi connectivity index (χ2n) is 4.00. The third-order valence-corrected chi connectivity index (χ3v) is 2.97. The number of nitrogens with two attached hydrogens (primary N) is 1. The highest BCUT2D eigenvalue weighted by Crippen LogP contribution is 2.27. The van der Waals surface area contributed by atoms with Gasteiger partial charge in [-0.25, -0.2) is 0 Å². The van der Waals surface area contributed by atoms with E-state index in [1.165, 1.54) is 19.3 Å². The van der Waals surface area contributed by atoms with Gasteiger partial charge in [-0.2, -0.15) is 5.10 Å². The molecule has 0 aromatic carbocycles. The summed E-state index contributed by atoms with van der Waals surface area (Å²) in [6.45, 7) is 1.74. The molecular formula is C11H18N4. The van der Waals surface area contributed by atoms with Crippen LogP contribution in [0.25, 0.3) is 0 Å². The number of aromatic nitrogens is 2. The van der Waals surface area contributed by atoms with Gasteiger partial charge in [-0.15, -0.1) is 5.10 Å². The summed E-state index contributed by atoms with van der Waals surface area (Å²) in [5, 5.41) is 8.10. The predicted molar refractivity (Wildman–Crippen MR) is 60.7 cm³/mol. The van der Waals surface area contributed by atoms with Crippen LogP contribution in [-0.4, -0.2) is 29.3 Å². The zero-order chi connectivity index (χ0) is 10.5. The summed E-state index contributed by atoms with van der Waals surface area (Å²) in [5.41, 5.74) is 5.55. The molecule has 1 aromatic heterocycles. The highest BCUT2D eigenvalue weighted by atomic mass is 15.3. The van der Waals surface area contributed by atoms with Gasteiger partial charge in [0.15, 0.2) is 5.82 Å².